The second kappa shape index (κ2) is 16.8. The summed E-state index contributed by atoms with van der Waals surface area (Å²) in [7, 11) is 0. The molecule has 0 spiro atoms. The number of carboxylic acids is 1. The first-order valence-electron chi connectivity index (χ1n) is 14.8. The van der Waals surface area contributed by atoms with Crippen molar-refractivity contribution < 1.29 is 24.2 Å². The van der Waals surface area contributed by atoms with Gasteiger partial charge < -0.3 is 19.9 Å². The molecule has 3 unspecified atom stereocenters. The third-order valence-electron chi connectivity index (χ3n) is 7.93. The molecule has 2 aromatic carbocycles. The number of rotatable bonds is 16. The maximum atomic E-state index is 13.4. The highest BCUT2D eigenvalue weighted by Crippen LogP contribution is 2.31. The normalized spacial score (nSPS) is 16.3. The van der Waals surface area contributed by atoms with Crippen LogP contribution in [0.5, 0.6) is 0 Å². The zero-order chi connectivity index (χ0) is 28.9. The minimum atomic E-state index is -1.02. The molecule has 2 N–H and O–H groups in total. The van der Waals surface area contributed by atoms with E-state index in [9.17, 15) is 14.7 Å². The van der Waals surface area contributed by atoms with Crippen molar-refractivity contribution in [3.05, 3.63) is 59.2 Å². The molecule has 1 aliphatic carbocycles. The highest BCUT2D eigenvalue weighted by atomic mass is 32.2. The summed E-state index contributed by atoms with van der Waals surface area (Å²) in [5, 5.41) is 12.4. The van der Waals surface area contributed by atoms with Gasteiger partial charge in [0.05, 0.1) is 25.4 Å². The third-order valence-corrected chi connectivity index (χ3v) is 8.57. The fraction of sp³-hybridized carbons (Fsp3) is 0.576. The van der Waals surface area contributed by atoms with Gasteiger partial charge in [0.15, 0.2) is 0 Å². The first-order valence-corrected chi connectivity index (χ1v) is 16.2. The van der Waals surface area contributed by atoms with E-state index in [0.29, 0.717) is 36.9 Å². The van der Waals surface area contributed by atoms with Crippen molar-refractivity contribution >= 4 is 23.6 Å². The summed E-state index contributed by atoms with van der Waals surface area (Å²) < 4.78 is 12.6. The Labute approximate surface area is 244 Å². The maximum absolute atomic E-state index is 13.4. The van der Waals surface area contributed by atoms with Gasteiger partial charge >= 0.3 is 5.97 Å². The van der Waals surface area contributed by atoms with Gasteiger partial charge in [0.25, 0.3) is 5.91 Å². The van der Waals surface area contributed by atoms with Gasteiger partial charge in [-0.25, -0.2) is 4.79 Å². The fourth-order valence-electron chi connectivity index (χ4n) is 5.29. The molecule has 0 bridgehead atoms. The molecule has 220 valence electrons. The van der Waals surface area contributed by atoms with E-state index >= 15 is 0 Å². The zero-order valence-corrected chi connectivity index (χ0v) is 25.4. The van der Waals surface area contributed by atoms with E-state index in [1.165, 1.54) is 32.1 Å². The summed E-state index contributed by atoms with van der Waals surface area (Å²) >= 11 is 1.56. The molecule has 6 nitrogen and oxygen atoms in total. The summed E-state index contributed by atoms with van der Waals surface area (Å²) in [6.45, 7) is 7.27. The Morgan fingerprint density at radius 3 is 2.50 bits per heavy atom. The van der Waals surface area contributed by atoms with E-state index < -0.39 is 12.0 Å². The number of aliphatic carboxylic acids is 1. The number of amides is 1. The second-order valence-electron chi connectivity index (χ2n) is 11.1. The lowest BCUT2D eigenvalue weighted by Gasteiger charge is -2.27. The number of aryl methyl sites for hydroxylation is 1. The van der Waals surface area contributed by atoms with E-state index in [1.54, 1.807) is 17.8 Å². The minimum absolute atomic E-state index is 0.0229. The Bertz CT molecular complexity index is 1080. The monoisotopic (exact) mass is 569 g/mol. The van der Waals surface area contributed by atoms with Crippen molar-refractivity contribution in [2.24, 2.45) is 5.92 Å². The lowest BCUT2D eigenvalue weighted by molar-refractivity contribution is -0.139. The van der Waals surface area contributed by atoms with Gasteiger partial charge in [-0.05, 0) is 85.4 Å². The summed E-state index contributed by atoms with van der Waals surface area (Å²) in [5.74, 6) is -0.0629. The van der Waals surface area contributed by atoms with Crippen molar-refractivity contribution in [2.75, 3.05) is 18.6 Å². The summed E-state index contributed by atoms with van der Waals surface area (Å²) in [4.78, 5) is 25.2. The van der Waals surface area contributed by atoms with Crippen LogP contribution >= 0.6 is 11.8 Å². The van der Waals surface area contributed by atoms with Crippen LogP contribution in [0.1, 0.15) is 86.7 Å². The van der Waals surface area contributed by atoms with Gasteiger partial charge in [0, 0.05) is 5.56 Å². The van der Waals surface area contributed by atoms with Crippen molar-refractivity contribution in [1.82, 2.24) is 5.32 Å². The Morgan fingerprint density at radius 1 is 1.07 bits per heavy atom. The van der Waals surface area contributed by atoms with Gasteiger partial charge in [0.2, 0.25) is 0 Å². The molecule has 0 aliphatic heterocycles. The molecule has 1 amide bonds. The maximum Gasteiger partial charge on any atom is 0.326 e. The summed E-state index contributed by atoms with van der Waals surface area (Å²) in [6.07, 6.45) is 11.0. The molecule has 1 fully saturated rings. The van der Waals surface area contributed by atoms with Crippen LogP contribution in [-0.4, -0.2) is 53.8 Å². The quantitative estimate of drug-likeness (QED) is 0.221. The van der Waals surface area contributed by atoms with Crippen LogP contribution in [0.4, 0.5) is 0 Å². The van der Waals surface area contributed by atoms with Crippen molar-refractivity contribution in [1.29, 1.82) is 0 Å². The van der Waals surface area contributed by atoms with Crippen molar-refractivity contribution in [2.45, 2.75) is 97.0 Å². The number of hydrogen-bond donors (Lipinski definition) is 2. The SMILES string of the molecule is CCC(C)OCC(CC1CCCCC1)OCc1ccc(C(=O)NC(CCSC)C(=O)O)c(-c2ccccc2C)c1. The van der Waals surface area contributed by atoms with Gasteiger partial charge in [-0.15, -0.1) is 0 Å². The van der Waals surface area contributed by atoms with Crippen LogP contribution in [0.15, 0.2) is 42.5 Å². The molecule has 7 heteroatoms. The van der Waals surface area contributed by atoms with Crippen LogP contribution in [0.3, 0.4) is 0 Å². The molecule has 40 heavy (non-hydrogen) atoms. The lowest BCUT2D eigenvalue weighted by atomic mass is 9.85. The van der Waals surface area contributed by atoms with Gasteiger partial charge in [-0.3, -0.25) is 4.79 Å². The van der Waals surface area contributed by atoms with Crippen LogP contribution < -0.4 is 5.32 Å². The summed E-state index contributed by atoms with van der Waals surface area (Å²) in [5.41, 5.74) is 4.22. The molecule has 0 radical (unpaired) electrons. The zero-order valence-electron chi connectivity index (χ0n) is 24.6. The van der Waals surface area contributed by atoms with Gasteiger partial charge in [0.1, 0.15) is 6.04 Å². The number of benzene rings is 2. The van der Waals surface area contributed by atoms with Crippen molar-refractivity contribution in [3.63, 3.8) is 0 Å². The van der Waals surface area contributed by atoms with Crippen LogP contribution in [-0.2, 0) is 20.9 Å². The van der Waals surface area contributed by atoms with Crippen LogP contribution in [0, 0.1) is 12.8 Å². The van der Waals surface area contributed by atoms with Crippen molar-refractivity contribution in [3.8, 4) is 11.1 Å². The first kappa shape index (κ1) is 32.2. The molecule has 1 aliphatic rings. The van der Waals surface area contributed by atoms with Gasteiger partial charge in [-0.2, -0.15) is 11.8 Å². The minimum Gasteiger partial charge on any atom is -0.480 e. The molecule has 1 saturated carbocycles. The second-order valence-corrected chi connectivity index (χ2v) is 12.1. The Morgan fingerprint density at radius 2 is 1.82 bits per heavy atom. The predicted molar refractivity (Wildman–Crippen MR) is 164 cm³/mol. The number of hydrogen-bond acceptors (Lipinski definition) is 5. The average Bonchev–Trinajstić information content (AvgIpc) is 2.96. The first-order chi connectivity index (χ1) is 19.3. The van der Waals surface area contributed by atoms with Gasteiger partial charge in [-0.1, -0.05) is 69.4 Å². The predicted octanol–water partition coefficient (Wildman–Crippen LogP) is 7.27. The highest BCUT2D eigenvalue weighted by molar-refractivity contribution is 7.98. The fourth-order valence-corrected chi connectivity index (χ4v) is 5.76. The Kier molecular flexibility index (Phi) is 13.5. The number of thioether (sulfide) groups is 1. The summed E-state index contributed by atoms with van der Waals surface area (Å²) in [6, 6.07) is 12.8. The topological polar surface area (TPSA) is 84.9 Å². The van der Waals surface area contributed by atoms with E-state index in [2.05, 4.69) is 19.2 Å². The number of carbonyl (C=O) groups excluding carboxylic acids is 1. The van der Waals surface area contributed by atoms with Crippen LogP contribution in [0.2, 0.25) is 0 Å². The molecular weight excluding hydrogens is 522 g/mol. The van der Waals surface area contributed by atoms with E-state index in [4.69, 9.17) is 9.47 Å². The molecule has 0 heterocycles. The molecule has 3 atom stereocenters. The standard InChI is InChI=1S/C33H47NO5S/c1-5-24(3)38-22-27(19-25-12-7-6-8-13-25)39-21-26-15-16-29(30(20-26)28-14-10-9-11-23(28)2)32(35)34-31(33(36)37)17-18-40-4/h9-11,14-16,20,24-25,27,31H,5-8,12-13,17-19,21-22H2,1-4H3,(H,34,35)(H,36,37). The van der Waals surface area contributed by atoms with E-state index in [-0.39, 0.29) is 18.1 Å². The average molecular weight is 570 g/mol. The molecule has 2 aromatic rings. The largest absolute Gasteiger partial charge is 0.480 e. The Balaban J connectivity index is 1.82. The molecule has 0 aromatic heterocycles. The third kappa shape index (κ3) is 9.93. The molecule has 0 saturated heterocycles. The number of carboxylic acid groups (broad SMARTS) is 1. The smallest absolute Gasteiger partial charge is 0.326 e. The van der Waals surface area contributed by atoms with E-state index in [1.807, 2.05) is 49.6 Å². The number of ether oxygens (including phenoxy) is 2. The molecular formula is C33H47NO5S. The van der Waals surface area contributed by atoms with Crippen LogP contribution in [0.25, 0.3) is 11.1 Å². The highest BCUT2D eigenvalue weighted by Gasteiger charge is 2.24. The lowest BCUT2D eigenvalue weighted by Crippen LogP contribution is -2.41. The molecule has 3 rings (SSSR count). The van der Waals surface area contributed by atoms with E-state index in [0.717, 1.165) is 35.1 Å². The number of nitrogens with one attached hydrogen (secondary N) is 1. The Hall–Kier alpha value is -2.35. The number of carbonyl (C=O) groups is 2.